The van der Waals surface area contributed by atoms with Crippen LogP contribution in [0.25, 0.3) is 0 Å². The summed E-state index contributed by atoms with van der Waals surface area (Å²) >= 11 is 0. The van der Waals surface area contributed by atoms with Crippen LogP contribution < -0.4 is 10.6 Å². The Morgan fingerprint density at radius 3 is 2.94 bits per heavy atom. The van der Waals surface area contributed by atoms with Crippen LogP contribution in [-0.4, -0.2) is 23.0 Å². The van der Waals surface area contributed by atoms with E-state index in [0.29, 0.717) is 5.92 Å². The van der Waals surface area contributed by atoms with E-state index in [9.17, 15) is 10.1 Å². The van der Waals surface area contributed by atoms with Crippen LogP contribution in [0.4, 0.5) is 17.3 Å². The van der Waals surface area contributed by atoms with Crippen molar-refractivity contribution in [3.63, 3.8) is 0 Å². The number of pyridine rings is 1. The van der Waals surface area contributed by atoms with Crippen molar-refractivity contribution in [1.82, 2.24) is 4.98 Å². The predicted octanol–water partition coefficient (Wildman–Crippen LogP) is 1.81. The van der Waals surface area contributed by atoms with Gasteiger partial charge in [0, 0.05) is 19.2 Å². The summed E-state index contributed by atoms with van der Waals surface area (Å²) in [6.45, 7) is 4.08. The molecule has 1 aliphatic heterocycles. The maximum Gasteiger partial charge on any atom is 0.311 e. The summed E-state index contributed by atoms with van der Waals surface area (Å²) in [7, 11) is 0. The van der Waals surface area contributed by atoms with Gasteiger partial charge in [0.2, 0.25) is 5.82 Å². The van der Waals surface area contributed by atoms with E-state index in [1.165, 1.54) is 6.07 Å². The molecule has 6 heteroatoms. The van der Waals surface area contributed by atoms with Crippen molar-refractivity contribution >= 4 is 17.3 Å². The zero-order valence-corrected chi connectivity index (χ0v) is 9.80. The fourth-order valence-corrected chi connectivity index (χ4v) is 2.16. The molecule has 0 amide bonds. The van der Waals surface area contributed by atoms with Crippen LogP contribution in [0.3, 0.4) is 0 Å². The molecular formula is C11H16N4O2. The lowest BCUT2D eigenvalue weighted by Gasteiger charge is -2.17. The lowest BCUT2D eigenvalue weighted by molar-refractivity contribution is -0.384. The van der Waals surface area contributed by atoms with Gasteiger partial charge in [0.1, 0.15) is 5.82 Å². The standard InChI is InChI=1S/C11H16N4O2/c1-2-8-5-6-14(7-8)10-4-3-9(15(16)17)11(12)13-10/h3-4,8H,2,5-7H2,1H3,(H2,12,13). The molecule has 1 fully saturated rings. The van der Waals surface area contributed by atoms with Crippen molar-refractivity contribution in [2.24, 2.45) is 5.92 Å². The second kappa shape index (κ2) is 4.57. The van der Waals surface area contributed by atoms with Gasteiger partial charge in [-0.3, -0.25) is 10.1 Å². The summed E-state index contributed by atoms with van der Waals surface area (Å²) in [6.07, 6.45) is 2.30. The number of nitrogen functional groups attached to an aromatic ring is 1. The second-order valence-electron chi connectivity index (χ2n) is 4.34. The first-order valence-electron chi connectivity index (χ1n) is 5.77. The zero-order valence-electron chi connectivity index (χ0n) is 9.80. The van der Waals surface area contributed by atoms with Crippen LogP contribution in [0.2, 0.25) is 0 Å². The first-order valence-corrected chi connectivity index (χ1v) is 5.77. The second-order valence-corrected chi connectivity index (χ2v) is 4.34. The van der Waals surface area contributed by atoms with E-state index in [1.807, 2.05) is 0 Å². The smallest absolute Gasteiger partial charge is 0.311 e. The highest BCUT2D eigenvalue weighted by atomic mass is 16.6. The van der Waals surface area contributed by atoms with Gasteiger partial charge in [-0.1, -0.05) is 13.3 Å². The average Bonchev–Trinajstić information content (AvgIpc) is 2.76. The Morgan fingerprint density at radius 1 is 1.65 bits per heavy atom. The third kappa shape index (κ3) is 2.30. The molecule has 0 saturated carbocycles. The molecule has 1 aliphatic rings. The largest absolute Gasteiger partial charge is 0.378 e. The quantitative estimate of drug-likeness (QED) is 0.639. The van der Waals surface area contributed by atoms with Crippen LogP contribution in [-0.2, 0) is 0 Å². The SMILES string of the molecule is CCC1CCN(c2ccc([N+](=O)[O-])c(N)n2)C1. The van der Waals surface area contributed by atoms with Gasteiger partial charge in [0.05, 0.1) is 4.92 Å². The normalized spacial score (nSPS) is 19.6. The van der Waals surface area contributed by atoms with Crippen molar-refractivity contribution in [2.75, 3.05) is 23.7 Å². The molecule has 92 valence electrons. The van der Waals surface area contributed by atoms with Crippen molar-refractivity contribution in [2.45, 2.75) is 19.8 Å². The minimum absolute atomic E-state index is 0.00699. The van der Waals surface area contributed by atoms with E-state index in [2.05, 4.69) is 16.8 Å². The molecule has 1 saturated heterocycles. The van der Waals surface area contributed by atoms with E-state index >= 15 is 0 Å². The molecule has 0 aromatic carbocycles. The Labute approximate surface area is 99.6 Å². The first kappa shape index (κ1) is 11.6. The van der Waals surface area contributed by atoms with E-state index in [-0.39, 0.29) is 11.5 Å². The van der Waals surface area contributed by atoms with Gasteiger partial charge in [0.15, 0.2) is 0 Å². The molecular weight excluding hydrogens is 220 g/mol. The molecule has 0 aliphatic carbocycles. The molecule has 2 rings (SSSR count). The number of nitrogens with two attached hydrogens (primary N) is 1. The van der Waals surface area contributed by atoms with Gasteiger partial charge in [-0.2, -0.15) is 0 Å². The van der Waals surface area contributed by atoms with Gasteiger partial charge in [-0.25, -0.2) is 4.98 Å². The number of aromatic nitrogens is 1. The zero-order chi connectivity index (χ0) is 12.4. The number of hydrogen-bond acceptors (Lipinski definition) is 5. The summed E-state index contributed by atoms with van der Waals surface area (Å²) in [4.78, 5) is 16.4. The summed E-state index contributed by atoms with van der Waals surface area (Å²) in [6, 6.07) is 3.10. The highest BCUT2D eigenvalue weighted by Crippen LogP contribution is 2.27. The van der Waals surface area contributed by atoms with Crippen LogP contribution in [0.1, 0.15) is 19.8 Å². The van der Waals surface area contributed by atoms with Gasteiger partial charge < -0.3 is 10.6 Å². The molecule has 0 radical (unpaired) electrons. The monoisotopic (exact) mass is 236 g/mol. The highest BCUT2D eigenvalue weighted by molar-refractivity contribution is 5.58. The van der Waals surface area contributed by atoms with Crippen molar-refractivity contribution < 1.29 is 4.92 Å². The highest BCUT2D eigenvalue weighted by Gasteiger charge is 2.23. The molecule has 6 nitrogen and oxygen atoms in total. The molecule has 0 spiro atoms. The van der Waals surface area contributed by atoms with Crippen LogP contribution >= 0.6 is 0 Å². The summed E-state index contributed by atoms with van der Waals surface area (Å²) < 4.78 is 0. The van der Waals surface area contributed by atoms with Crippen LogP contribution in [0.15, 0.2) is 12.1 Å². The molecule has 1 atom stereocenters. The lowest BCUT2D eigenvalue weighted by Crippen LogP contribution is -2.21. The number of rotatable bonds is 3. The van der Waals surface area contributed by atoms with Crippen LogP contribution in [0.5, 0.6) is 0 Å². The number of nitro groups is 1. The number of nitrogens with zero attached hydrogens (tertiary/aromatic N) is 3. The molecule has 2 N–H and O–H groups in total. The maximum atomic E-state index is 10.6. The Kier molecular flexibility index (Phi) is 3.12. The lowest BCUT2D eigenvalue weighted by atomic mass is 10.1. The Morgan fingerprint density at radius 2 is 2.41 bits per heavy atom. The molecule has 1 aromatic rings. The Bertz CT molecular complexity index is 435. The van der Waals surface area contributed by atoms with Crippen LogP contribution in [0, 0.1) is 16.0 Å². The summed E-state index contributed by atoms with van der Waals surface area (Å²) in [5.74, 6) is 1.42. The number of anilines is 2. The van der Waals surface area contributed by atoms with Gasteiger partial charge in [0.25, 0.3) is 0 Å². The molecule has 17 heavy (non-hydrogen) atoms. The van der Waals surface area contributed by atoms with E-state index in [1.54, 1.807) is 6.07 Å². The first-order chi connectivity index (χ1) is 8.11. The fraction of sp³-hybridized carbons (Fsp3) is 0.545. The topological polar surface area (TPSA) is 85.3 Å². The average molecular weight is 236 g/mol. The molecule has 2 heterocycles. The summed E-state index contributed by atoms with van der Waals surface area (Å²) in [5.41, 5.74) is 5.45. The Balaban J connectivity index is 2.18. The van der Waals surface area contributed by atoms with E-state index in [4.69, 9.17) is 5.73 Å². The third-order valence-electron chi connectivity index (χ3n) is 3.27. The van der Waals surface area contributed by atoms with E-state index in [0.717, 1.165) is 31.7 Å². The molecule has 0 bridgehead atoms. The van der Waals surface area contributed by atoms with Gasteiger partial charge in [-0.15, -0.1) is 0 Å². The minimum atomic E-state index is -0.509. The van der Waals surface area contributed by atoms with E-state index < -0.39 is 4.92 Å². The minimum Gasteiger partial charge on any atom is -0.378 e. The van der Waals surface area contributed by atoms with Gasteiger partial charge >= 0.3 is 5.69 Å². The van der Waals surface area contributed by atoms with Crippen molar-refractivity contribution in [3.8, 4) is 0 Å². The maximum absolute atomic E-state index is 10.6. The molecule has 1 aromatic heterocycles. The summed E-state index contributed by atoms with van der Waals surface area (Å²) in [5, 5.41) is 10.6. The molecule has 1 unspecified atom stereocenters. The predicted molar refractivity (Wildman–Crippen MR) is 65.9 cm³/mol. The van der Waals surface area contributed by atoms with Gasteiger partial charge in [-0.05, 0) is 18.4 Å². The third-order valence-corrected chi connectivity index (χ3v) is 3.27. The van der Waals surface area contributed by atoms with Crippen molar-refractivity contribution in [1.29, 1.82) is 0 Å². The van der Waals surface area contributed by atoms with Crippen molar-refractivity contribution in [3.05, 3.63) is 22.2 Å². The Hall–Kier alpha value is -1.85. The number of hydrogen-bond donors (Lipinski definition) is 1. The fourth-order valence-electron chi connectivity index (χ4n) is 2.16.